The summed E-state index contributed by atoms with van der Waals surface area (Å²) in [5, 5.41) is -0.104. The predicted molar refractivity (Wildman–Crippen MR) is 105 cm³/mol. The molecule has 1 saturated heterocycles. The highest BCUT2D eigenvalue weighted by Crippen LogP contribution is 2.41. The average Bonchev–Trinajstić information content (AvgIpc) is 3.21. The Morgan fingerprint density at radius 1 is 1.31 bits per heavy atom. The van der Waals surface area contributed by atoms with Gasteiger partial charge in [0.2, 0.25) is 0 Å². The van der Waals surface area contributed by atoms with Crippen molar-refractivity contribution in [3.8, 4) is 0 Å². The van der Waals surface area contributed by atoms with E-state index in [-0.39, 0.29) is 16.1 Å². The second kappa shape index (κ2) is 7.75. The molecule has 0 spiro atoms. The van der Waals surface area contributed by atoms with Gasteiger partial charge in [-0.25, -0.2) is 0 Å². The predicted octanol–water partition coefficient (Wildman–Crippen LogP) is 4.80. The van der Waals surface area contributed by atoms with Gasteiger partial charge < -0.3 is 4.74 Å². The lowest BCUT2D eigenvalue weighted by Gasteiger charge is -2.38. The lowest BCUT2D eigenvalue weighted by atomic mass is 9.83. The van der Waals surface area contributed by atoms with E-state index in [2.05, 4.69) is 35.9 Å². The molecule has 1 atom stereocenters. The summed E-state index contributed by atoms with van der Waals surface area (Å²) >= 11 is 1.26. The van der Waals surface area contributed by atoms with Crippen LogP contribution in [0.3, 0.4) is 0 Å². The van der Waals surface area contributed by atoms with E-state index >= 15 is 0 Å². The highest BCUT2D eigenvalue weighted by molar-refractivity contribution is 7.10. The number of aromatic nitrogens is 1. The maximum Gasteiger partial charge on any atom is 0.176 e. The van der Waals surface area contributed by atoms with Crippen LogP contribution in [0, 0.1) is 17.5 Å². The van der Waals surface area contributed by atoms with Crippen molar-refractivity contribution in [1.82, 2.24) is 9.88 Å². The zero-order valence-electron chi connectivity index (χ0n) is 16.2. The van der Waals surface area contributed by atoms with Crippen molar-refractivity contribution >= 4 is 11.3 Å². The standard InChI is InChI=1S/C21H29FN2OS/c1-5-25-15-21(12-18-8-9-19(22)26-18)10-11-24(14-21)20(3,4)17-7-6-16(2)23-13-17/h6-9,13H,5,10-12,14-15H2,1-4H3/t21-/m0/s1. The summed E-state index contributed by atoms with van der Waals surface area (Å²) in [4.78, 5) is 8.12. The Labute approximate surface area is 160 Å². The number of likely N-dealkylation sites (tertiary alicyclic amines) is 1. The summed E-state index contributed by atoms with van der Waals surface area (Å²) in [7, 11) is 0. The molecule has 0 unspecified atom stereocenters. The van der Waals surface area contributed by atoms with Crippen LogP contribution >= 0.6 is 11.3 Å². The Hall–Kier alpha value is -1.30. The minimum Gasteiger partial charge on any atom is -0.381 e. The quantitative estimate of drug-likeness (QED) is 0.694. The largest absolute Gasteiger partial charge is 0.381 e. The number of pyridine rings is 1. The molecule has 3 nitrogen and oxygen atoms in total. The molecule has 2 aromatic rings. The van der Waals surface area contributed by atoms with E-state index in [9.17, 15) is 4.39 Å². The van der Waals surface area contributed by atoms with Gasteiger partial charge in [-0.05, 0) is 70.8 Å². The monoisotopic (exact) mass is 376 g/mol. The van der Waals surface area contributed by atoms with E-state index in [1.165, 1.54) is 16.9 Å². The molecule has 1 aliphatic rings. The van der Waals surface area contributed by atoms with E-state index in [0.29, 0.717) is 6.61 Å². The number of aryl methyl sites for hydroxylation is 1. The average molecular weight is 377 g/mol. The second-order valence-electron chi connectivity index (χ2n) is 7.94. The summed E-state index contributed by atoms with van der Waals surface area (Å²) in [6.45, 7) is 12.0. The van der Waals surface area contributed by atoms with Crippen molar-refractivity contribution in [2.75, 3.05) is 26.3 Å². The first kappa shape index (κ1) is 19.5. The van der Waals surface area contributed by atoms with E-state index in [1.54, 1.807) is 6.07 Å². The number of hydrogen-bond acceptors (Lipinski definition) is 4. The van der Waals surface area contributed by atoms with Gasteiger partial charge in [-0.2, -0.15) is 4.39 Å². The van der Waals surface area contributed by atoms with Gasteiger partial charge in [-0.1, -0.05) is 6.07 Å². The van der Waals surface area contributed by atoms with Crippen LogP contribution in [0.25, 0.3) is 0 Å². The molecular formula is C21H29FN2OS. The van der Waals surface area contributed by atoms with Gasteiger partial charge in [0.05, 0.1) is 6.61 Å². The Balaban J connectivity index is 1.79. The van der Waals surface area contributed by atoms with Crippen molar-refractivity contribution in [3.63, 3.8) is 0 Å². The Bertz CT molecular complexity index is 728. The van der Waals surface area contributed by atoms with Crippen LogP contribution < -0.4 is 0 Å². The number of ether oxygens (including phenoxy) is 1. The topological polar surface area (TPSA) is 25.4 Å². The molecule has 0 amide bonds. The van der Waals surface area contributed by atoms with Crippen molar-refractivity contribution in [3.05, 3.63) is 51.7 Å². The fourth-order valence-electron chi connectivity index (χ4n) is 3.87. The Morgan fingerprint density at radius 3 is 2.73 bits per heavy atom. The van der Waals surface area contributed by atoms with E-state index in [0.717, 1.165) is 43.1 Å². The third-order valence-corrected chi connectivity index (χ3v) is 6.51. The highest BCUT2D eigenvalue weighted by Gasteiger charge is 2.44. The normalized spacial score (nSPS) is 21.4. The SMILES string of the molecule is CCOC[C@]1(Cc2ccc(F)s2)CCN(C(C)(C)c2ccc(C)nc2)C1. The van der Waals surface area contributed by atoms with Crippen LogP contribution in [-0.4, -0.2) is 36.2 Å². The molecule has 0 aliphatic carbocycles. The molecule has 3 heterocycles. The van der Waals surface area contributed by atoms with E-state index < -0.39 is 0 Å². The minimum absolute atomic E-state index is 0.0443. The number of thiophene rings is 1. The summed E-state index contributed by atoms with van der Waals surface area (Å²) in [6, 6.07) is 7.75. The molecule has 0 saturated carbocycles. The second-order valence-corrected chi connectivity index (χ2v) is 9.06. The molecule has 0 bridgehead atoms. The lowest BCUT2D eigenvalue weighted by molar-refractivity contribution is 0.0437. The van der Waals surface area contributed by atoms with Crippen molar-refractivity contribution in [1.29, 1.82) is 0 Å². The molecule has 3 rings (SSSR count). The van der Waals surface area contributed by atoms with Crippen molar-refractivity contribution in [2.24, 2.45) is 5.41 Å². The van der Waals surface area contributed by atoms with Crippen molar-refractivity contribution < 1.29 is 9.13 Å². The van der Waals surface area contributed by atoms with Gasteiger partial charge in [0, 0.05) is 40.9 Å². The fraction of sp³-hybridized carbons (Fsp3) is 0.571. The highest BCUT2D eigenvalue weighted by atomic mass is 32.1. The number of halogens is 1. The van der Waals surface area contributed by atoms with Crippen LogP contribution in [0.15, 0.2) is 30.5 Å². The molecule has 1 aliphatic heterocycles. The van der Waals surface area contributed by atoms with Crippen molar-refractivity contribution in [2.45, 2.75) is 46.1 Å². The van der Waals surface area contributed by atoms with Crippen LogP contribution in [-0.2, 0) is 16.7 Å². The van der Waals surface area contributed by atoms with E-state index in [1.807, 2.05) is 26.1 Å². The molecule has 5 heteroatoms. The summed E-state index contributed by atoms with van der Waals surface area (Å²) < 4.78 is 19.3. The molecule has 0 radical (unpaired) electrons. The molecular weight excluding hydrogens is 347 g/mol. The van der Waals surface area contributed by atoms with Crippen LogP contribution in [0.4, 0.5) is 4.39 Å². The van der Waals surface area contributed by atoms with Gasteiger partial charge in [-0.3, -0.25) is 9.88 Å². The summed E-state index contributed by atoms with van der Waals surface area (Å²) in [6.07, 6.45) is 3.93. The number of nitrogens with zero attached hydrogens (tertiary/aromatic N) is 2. The van der Waals surface area contributed by atoms with Gasteiger partial charge in [0.25, 0.3) is 0 Å². The number of hydrogen-bond donors (Lipinski definition) is 0. The van der Waals surface area contributed by atoms with Gasteiger partial charge >= 0.3 is 0 Å². The molecule has 142 valence electrons. The van der Waals surface area contributed by atoms with Gasteiger partial charge in [0.1, 0.15) is 0 Å². The van der Waals surface area contributed by atoms with E-state index in [4.69, 9.17) is 4.74 Å². The molecule has 1 fully saturated rings. The maximum atomic E-state index is 13.5. The maximum absolute atomic E-state index is 13.5. The van der Waals surface area contributed by atoms with Crippen LogP contribution in [0.2, 0.25) is 0 Å². The lowest BCUT2D eigenvalue weighted by Crippen LogP contribution is -2.42. The fourth-order valence-corrected chi connectivity index (χ4v) is 4.77. The molecule has 0 N–H and O–H groups in total. The molecule has 2 aromatic heterocycles. The first-order valence-electron chi connectivity index (χ1n) is 9.35. The van der Waals surface area contributed by atoms with Crippen LogP contribution in [0.1, 0.15) is 43.3 Å². The van der Waals surface area contributed by atoms with Gasteiger partial charge in [0.15, 0.2) is 5.13 Å². The molecule has 26 heavy (non-hydrogen) atoms. The Kier molecular flexibility index (Phi) is 5.80. The molecule has 0 aromatic carbocycles. The first-order chi connectivity index (χ1) is 12.3. The Morgan fingerprint density at radius 2 is 2.12 bits per heavy atom. The van der Waals surface area contributed by atoms with Crippen LogP contribution in [0.5, 0.6) is 0 Å². The zero-order chi connectivity index (χ0) is 18.8. The summed E-state index contributed by atoms with van der Waals surface area (Å²) in [5.74, 6) is 0. The smallest absolute Gasteiger partial charge is 0.176 e. The third-order valence-electron chi connectivity index (χ3n) is 5.64. The third kappa shape index (κ3) is 4.16. The van der Waals surface area contributed by atoms with Gasteiger partial charge in [-0.15, -0.1) is 11.3 Å². The summed E-state index contributed by atoms with van der Waals surface area (Å²) in [5.41, 5.74) is 2.23. The number of rotatable bonds is 7. The first-order valence-corrected chi connectivity index (χ1v) is 10.2. The minimum atomic E-state index is -0.104. The zero-order valence-corrected chi connectivity index (χ0v) is 17.0.